The van der Waals surface area contributed by atoms with Gasteiger partial charge >= 0.3 is 0 Å². The van der Waals surface area contributed by atoms with Crippen molar-refractivity contribution >= 4 is 23.1 Å². The van der Waals surface area contributed by atoms with Crippen molar-refractivity contribution < 1.29 is 4.79 Å². The second-order valence-corrected chi connectivity index (χ2v) is 6.32. The van der Waals surface area contributed by atoms with Crippen LogP contribution >= 0.6 is 12.2 Å². The molecule has 1 unspecified atom stereocenters. The molecule has 0 aliphatic carbocycles. The number of hydrogen-bond donors (Lipinski definition) is 1. The zero-order chi connectivity index (χ0) is 15.4. The van der Waals surface area contributed by atoms with Crippen LogP contribution in [0.25, 0.3) is 0 Å². The molecule has 5 heteroatoms. The number of likely N-dealkylation sites (N-methyl/N-ethyl adjacent to an activating group) is 1. The molecule has 21 heavy (non-hydrogen) atoms. The van der Waals surface area contributed by atoms with Crippen LogP contribution in [0.3, 0.4) is 0 Å². The fraction of sp³-hybridized carbons (Fsp3) is 0.500. The fourth-order valence-electron chi connectivity index (χ4n) is 2.84. The number of carbonyl (C=O) groups is 1. The largest absolute Gasteiger partial charge is 0.389 e. The zero-order valence-corrected chi connectivity index (χ0v) is 13.5. The third-order valence-corrected chi connectivity index (χ3v) is 4.10. The maximum Gasteiger partial charge on any atom is 0.227 e. The molecule has 1 fully saturated rings. The zero-order valence-electron chi connectivity index (χ0n) is 12.7. The minimum Gasteiger partial charge on any atom is -0.389 e. The second-order valence-electron chi connectivity index (χ2n) is 5.88. The van der Waals surface area contributed by atoms with Gasteiger partial charge in [-0.2, -0.15) is 0 Å². The number of hydrogen-bond acceptors (Lipinski definition) is 3. The fourth-order valence-corrected chi connectivity index (χ4v) is 2.97. The molecule has 1 aromatic rings. The Morgan fingerprint density at radius 3 is 2.62 bits per heavy atom. The number of likely N-dealkylation sites (tertiary alicyclic amines) is 1. The molecule has 0 saturated carbocycles. The summed E-state index contributed by atoms with van der Waals surface area (Å²) >= 11 is 4.93. The Hall–Kier alpha value is -1.46. The summed E-state index contributed by atoms with van der Waals surface area (Å²) in [6, 6.07) is 7.98. The van der Waals surface area contributed by atoms with Crippen LogP contribution in [-0.4, -0.2) is 53.9 Å². The molecule has 1 heterocycles. The quantitative estimate of drug-likeness (QED) is 0.836. The van der Waals surface area contributed by atoms with Crippen molar-refractivity contribution in [3.05, 3.63) is 35.4 Å². The number of thiocarbonyl (C=S) groups is 1. The maximum atomic E-state index is 12.5. The summed E-state index contributed by atoms with van der Waals surface area (Å²) in [4.78, 5) is 17.0. The van der Waals surface area contributed by atoms with Gasteiger partial charge in [0.2, 0.25) is 5.91 Å². The van der Waals surface area contributed by atoms with Gasteiger partial charge in [0, 0.05) is 24.7 Å². The van der Waals surface area contributed by atoms with E-state index in [4.69, 9.17) is 18.0 Å². The molecule has 1 amide bonds. The Labute approximate surface area is 131 Å². The van der Waals surface area contributed by atoms with E-state index in [2.05, 4.69) is 19.0 Å². The molecular formula is C16H23N3OS. The van der Waals surface area contributed by atoms with Gasteiger partial charge in [-0.1, -0.05) is 36.5 Å². The van der Waals surface area contributed by atoms with Crippen molar-refractivity contribution in [3.63, 3.8) is 0 Å². The molecule has 0 aromatic heterocycles. The van der Waals surface area contributed by atoms with E-state index in [1.165, 1.54) is 0 Å². The Morgan fingerprint density at radius 2 is 2.05 bits per heavy atom. The topological polar surface area (TPSA) is 49.6 Å². The SMILES string of the molecule is CN(C)CC1CCCN1C(=O)Cc1ccc(C(N)=S)cc1. The van der Waals surface area contributed by atoms with Gasteiger partial charge in [-0.25, -0.2) is 0 Å². The van der Waals surface area contributed by atoms with E-state index in [1.807, 2.05) is 29.2 Å². The molecule has 1 aliphatic rings. The number of nitrogens with zero attached hydrogens (tertiary/aromatic N) is 2. The number of amides is 1. The lowest BCUT2D eigenvalue weighted by Gasteiger charge is -2.27. The highest BCUT2D eigenvalue weighted by Crippen LogP contribution is 2.19. The third kappa shape index (κ3) is 4.25. The first-order valence-electron chi connectivity index (χ1n) is 7.30. The Balaban J connectivity index is 1.98. The monoisotopic (exact) mass is 305 g/mol. The van der Waals surface area contributed by atoms with Gasteiger partial charge in [-0.05, 0) is 32.5 Å². The second kappa shape index (κ2) is 7.00. The van der Waals surface area contributed by atoms with Gasteiger partial charge in [0.25, 0.3) is 0 Å². The maximum absolute atomic E-state index is 12.5. The van der Waals surface area contributed by atoms with Gasteiger partial charge < -0.3 is 15.5 Å². The van der Waals surface area contributed by atoms with Crippen LogP contribution in [0, 0.1) is 0 Å². The lowest BCUT2D eigenvalue weighted by molar-refractivity contribution is -0.131. The number of nitrogens with two attached hydrogens (primary N) is 1. The van der Waals surface area contributed by atoms with Crippen LogP contribution in [0.2, 0.25) is 0 Å². The standard InChI is InChI=1S/C16H23N3OS/c1-18(2)11-14-4-3-9-19(14)15(20)10-12-5-7-13(8-6-12)16(17)21/h5-8,14H,3-4,9-11H2,1-2H3,(H2,17,21). The normalized spacial score (nSPS) is 18.2. The first-order valence-corrected chi connectivity index (χ1v) is 7.71. The minimum absolute atomic E-state index is 0.211. The molecule has 2 rings (SSSR count). The van der Waals surface area contributed by atoms with E-state index in [1.54, 1.807) is 0 Å². The Kier molecular flexibility index (Phi) is 5.31. The van der Waals surface area contributed by atoms with E-state index in [-0.39, 0.29) is 5.91 Å². The minimum atomic E-state index is 0.211. The molecular weight excluding hydrogens is 282 g/mol. The van der Waals surface area contributed by atoms with Gasteiger partial charge in [0.15, 0.2) is 0 Å². The number of benzene rings is 1. The van der Waals surface area contributed by atoms with E-state index >= 15 is 0 Å². The predicted octanol–water partition coefficient (Wildman–Crippen LogP) is 1.42. The van der Waals surface area contributed by atoms with E-state index < -0.39 is 0 Å². The molecule has 1 saturated heterocycles. The molecule has 114 valence electrons. The molecule has 1 aliphatic heterocycles. The van der Waals surface area contributed by atoms with Gasteiger partial charge in [0.05, 0.1) is 6.42 Å². The summed E-state index contributed by atoms with van der Waals surface area (Å²) in [6.45, 7) is 1.81. The predicted molar refractivity (Wildman–Crippen MR) is 89.3 cm³/mol. The highest BCUT2D eigenvalue weighted by Gasteiger charge is 2.28. The van der Waals surface area contributed by atoms with Crippen molar-refractivity contribution in [1.82, 2.24) is 9.80 Å². The molecule has 1 aromatic carbocycles. The first-order chi connectivity index (χ1) is 9.97. The van der Waals surface area contributed by atoms with Crippen LogP contribution in [-0.2, 0) is 11.2 Å². The van der Waals surface area contributed by atoms with Crippen LogP contribution in [0.1, 0.15) is 24.0 Å². The number of rotatable bonds is 5. The molecule has 4 nitrogen and oxygen atoms in total. The van der Waals surface area contributed by atoms with Crippen LogP contribution in [0.4, 0.5) is 0 Å². The molecule has 0 radical (unpaired) electrons. The summed E-state index contributed by atoms with van der Waals surface area (Å²) in [5.41, 5.74) is 7.43. The van der Waals surface area contributed by atoms with E-state index in [0.29, 0.717) is 17.5 Å². The first kappa shape index (κ1) is 15.9. The van der Waals surface area contributed by atoms with E-state index in [9.17, 15) is 4.79 Å². The van der Waals surface area contributed by atoms with Crippen molar-refractivity contribution in [3.8, 4) is 0 Å². The smallest absolute Gasteiger partial charge is 0.227 e. The summed E-state index contributed by atoms with van der Waals surface area (Å²) in [5.74, 6) is 0.211. The Bertz CT molecular complexity index is 513. The van der Waals surface area contributed by atoms with Crippen molar-refractivity contribution in [2.45, 2.75) is 25.3 Å². The van der Waals surface area contributed by atoms with Crippen molar-refractivity contribution in [2.75, 3.05) is 27.2 Å². The average Bonchev–Trinajstić information content (AvgIpc) is 2.86. The van der Waals surface area contributed by atoms with E-state index in [0.717, 1.165) is 37.1 Å². The lowest BCUT2D eigenvalue weighted by atomic mass is 10.1. The number of carbonyl (C=O) groups excluding carboxylic acids is 1. The molecule has 0 spiro atoms. The molecule has 0 bridgehead atoms. The highest BCUT2D eigenvalue weighted by molar-refractivity contribution is 7.80. The van der Waals surface area contributed by atoms with Crippen molar-refractivity contribution in [1.29, 1.82) is 0 Å². The van der Waals surface area contributed by atoms with Gasteiger partial charge in [-0.15, -0.1) is 0 Å². The molecule has 2 N–H and O–H groups in total. The van der Waals surface area contributed by atoms with Crippen LogP contribution in [0.5, 0.6) is 0 Å². The van der Waals surface area contributed by atoms with Gasteiger partial charge in [-0.3, -0.25) is 4.79 Å². The lowest BCUT2D eigenvalue weighted by Crippen LogP contribution is -2.42. The Morgan fingerprint density at radius 1 is 1.38 bits per heavy atom. The summed E-state index contributed by atoms with van der Waals surface area (Å²) in [7, 11) is 4.10. The molecule has 1 atom stereocenters. The third-order valence-electron chi connectivity index (χ3n) is 3.87. The van der Waals surface area contributed by atoms with Crippen LogP contribution < -0.4 is 5.73 Å². The highest BCUT2D eigenvalue weighted by atomic mass is 32.1. The van der Waals surface area contributed by atoms with Crippen LogP contribution in [0.15, 0.2) is 24.3 Å². The van der Waals surface area contributed by atoms with Crippen molar-refractivity contribution in [2.24, 2.45) is 5.73 Å². The summed E-state index contributed by atoms with van der Waals surface area (Å²) in [5, 5.41) is 0. The summed E-state index contributed by atoms with van der Waals surface area (Å²) < 4.78 is 0. The average molecular weight is 305 g/mol. The van der Waals surface area contributed by atoms with Gasteiger partial charge in [0.1, 0.15) is 4.99 Å². The summed E-state index contributed by atoms with van der Waals surface area (Å²) in [6.07, 6.45) is 2.65.